The summed E-state index contributed by atoms with van der Waals surface area (Å²) < 4.78 is 5.28. The molecule has 0 aliphatic rings. The molecule has 0 spiro atoms. The fourth-order valence-electron chi connectivity index (χ4n) is 1.62. The van der Waals surface area contributed by atoms with E-state index < -0.39 is 5.60 Å². The molecule has 0 N–H and O–H groups in total. The Morgan fingerprint density at radius 1 is 1.29 bits per heavy atom. The summed E-state index contributed by atoms with van der Waals surface area (Å²) in [6, 6.07) is 9.57. The molecule has 0 aliphatic carbocycles. The second kappa shape index (κ2) is 6.18. The zero-order valence-electron chi connectivity index (χ0n) is 10.3. The molecule has 1 aromatic carbocycles. The summed E-state index contributed by atoms with van der Waals surface area (Å²) in [5.74, 6) is -0.338. The van der Waals surface area contributed by atoms with Crippen LogP contribution in [0.3, 0.4) is 0 Å². The van der Waals surface area contributed by atoms with Crippen LogP contribution in [0.5, 0.6) is 0 Å². The normalized spacial score (nSPS) is 13.8. The number of hydrogen-bond donors (Lipinski definition) is 0. The Kier molecular flexibility index (Phi) is 4.88. The number of benzene rings is 1. The van der Waals surface area contributed by atoms with Crippen LogP contribution in [0.2, 0.25) is 0 Å². The first-order valence-electron chi connectivity index (χ1n) is 5.88. The number of esters is 1. The summed E-state index contributed by atoms with van der Waals surface area (Å²) in [4.78, 5) is 22.6. The minimum absolute atomic E-state index is 0.282. The zero-order valence-corrected chi connectivity index (χ0v) is 10.3. The van der Waals surface area contributed by atoms with Gasteiger partial charge in [0.2, 0.25) is 0 Å². The Bertz CT molecular complexity index is 372. The monoisotopic (exact) mass is 234 g/mol. The van der Waals surface area contributed by atoms with Gasteiger partial charge in [-0.3, -0.25) is 9.59 Å². The molecule has 1 rings (SSSR count). The quantitative estimate of drug-likeness (QED) is 0.561. The lowest BCUT2D eigenvalue weighted by Gasteiger charge is -2.26. The van der Waals surface area contributed by atoms with Gasteiger partial charge in [0.25, 0.3) is 0 Å². The molecule has 1 unspecified atom stereocenters. The van der Waals surface area contributed by atoms with Crippen molar-refractivity contribution < 1.29 is 14.3 Å². The molecular formula is C14H18O3. The van der Waals surface area contributed by atoms with Gasteiger partial charge in [-0.1, -0.05) is 44.2 Å². The van der Waals surface area contributed by atoms with E-state index in [1.807, 2.05) is 37.3 Å². The van der Waals surface area contributed by atoms with Gasteiger partial charge in [-0.05, 0) is 12.0 Å². The molecule has 0 radical (unpaired) electrons. The van der Waals surface area contributed by atoms with Gasteiger partial charge in [-0.2, -0.15) is 0 Å². The lowest BCUT2D eigenvalue weighted by molar-refractivity contribution is -0.162. The van der Waals surface area contributed by atoms with Crippen LogP contribution in [0.1, 0.15) is 32.3 Å². The van der Waals surface area contributed by atoms with Crippen LogP contribution in [0.15, 0.2) is 30.3 Å². The number of rotatable bonds is 6. The highest BCUT2D eigenvalue weighted by molar-refractivity contribution is 5.74. The highest BCUT2D eigenvalue weighted by Gasteiger charge is 2.32. The van der Waals surface area contributed by atoms with Crippen molar-refractivity contribution in [1.29, 1.82) is 0 Å². The topological polar surface area (TPSA) is 43.4 Å². The number of carbonyl (C=O) groups is 2. The average Bonchev–Trinajstić information content (AvgIpc) is 2.39. The van der Waals surface area contributed by atoms with Crippen LogP contribution < -0.4 is 0 Å². The summed E-state index contributed by atoms with van der Waals surface area (Å²) in [5, 5.41) is 0. The van der Waals surface area contributed by atoms with Gasteiger partial charge in [-0.25, -0.2) is 0 Å². The van der Waals surface area contributed by atoms with Gasteiger partial charge in [0.1, 0.15) is 0 Å². The Labute approximate surface area is 102 Å². The fraction of sp³-hybridized carbons (Fsp3) is 0.429. The standard InChI is InChI=1S/C14H18O3/c1-3-13(16)17-14(4-2,11-15)10-12-8-6-5-7-9-12/h5-9,11H,3-4,10H2,1-2H3. The number of carbonyl (C=O) groups excluding carboxylic acids is 2. The lowest BCUT2D eigenvalue weighted by Crippen LogP contribution is -2.38. The van der Waals surface area contributed by atoms with Gasteiger partial charge in [0.15, 0.2) is 11.9 Å². The molecule has 0 amide bonds. The van der Waals surface area contributed by atoms with Crippen molar-refractivity contribution in [3.05, 3.63) is 35.9 Å². The molecule has 1 atom stereocenters. The minimum Gasteiger partial charge on any atom is -0.451 e. The Morgan fingerprint density at radius 2 is 1.94 bits per heavy atom. The second-order valence-electron chi connectivity index (χ2n) is 4.03. The molecule has 0 saturated heterocycles. The molecule has 1 aromatic rings. The summed E-state index contributed by atoms with van der Waals surface area (Å²) in [5.41, 5.74) is -0.0283. The highest BCUT2D eigenvalue weighted by atomic mass is 16.6. The van der Waals surface area contributed by atoms with Crippen LogP contribution in [0, 0.1) is 0 Å². The molecule has 0 aromatic heterocycles. The van der Waals surface area contributed by atoms with Crippen molar-refractivity contribution in [3.63, 3.8) is 0 Å². The van der Waals surface area contributed by atoms with Crippen molar-refractivity contribution in [2.75, 3.05) is 0 Å². The third kappa shape index (κ3) is 3.70. The van der Waals surface area contributed by atoms with Gasteiger partial charge in [0, 0.05) is 12.8 Å². The third-order valence-corrected chi connectivity index (χ3v) is 2.77. The lowest BCUT2D eigenvalue weighted by atomic mass is 9.93. The third-order valence-electron chi connectivity index (χ3n) is 2.77. The van der Waals surface area contributed by atoms with Gasteiger partial charge in [-0.15, -0.1) is 0 Å². The maximum Gasteiger partial charge on any atom is 0.306 e. The van der Waals surface area contributed by atoms with E-state index in [0.717, 1.165) is 11.8 Å². The summed E-state index contributed by atoms with van der Waals surface area (Å²) >= 11 is 0. The first kappa shape index (κ1) is 13.4. The van der Waals surface area contributed by atoms with Crippen LogP contribution in [0.4, 0.5) is 0 Å². The van der Waals surface area contributed by atoms with E-state index in [2.05, 4.69) is 0 Å². The van der Waals surface area contributed by atoms with E-state index >= 15 is 0 Å². The average molecular weight is 234 g/mol. The zero-order chi connectivity index (χ0) is 12.7. The smallest absolute Gasteiger partial charge is 0.306 e. The summed E-state index contributed by atoms with van der Waals surface area (Å²) in [7, 11) is 0. The number of hydrogen-bond acceptors (Lipinski definition) is 3. The molecule has 92 valence electrons. The SMILES string of the molecule is CCC(=O)OC(C=O)(CC)Cc1ccccc1. The second-order valence-corrected chi connectivity index (χ2v) is 4.03. The number of aldehydes is 1. The largest absolute Gasteiger partial charge is 0.451 e. The molecule has 3 heteroatoms. The van der Waals surface area contributed by atoms with E-state index in [9.17, 15) is 9.59 Å². The van der Waals surface area contributed by atoms with E-state index in [-0.39, 0.29) is 12.4 Å². The van der Waals surface area contributed by atoms with E-state index in [1.54, 1.807) is 6.92 Å². The van der Waals surface area contributed by atoms with E-state index in [4.69, 9.17) is 4.74 Å². The molecule has 0 fully saturated rings. The van der Waals surface area contributed by atoms with Crippen LogP contribution in [0.25, 0.3) is 0 Å². The van der Waals surface area contributed by atoms with Crippen LogP contribution >= 0.6 is 0 Å². The fourth-order valence-corrected chi connectivity index (χ4v) is 1.62. The van der Waals surface area contributed by atoms with Crippen molar-refractivity contribution in [2.45, 2.75) is 38.7 Å². The van der Waals surface area contributed by atoms with Gasteiger partial charge < -0.3 is 4.74 Å². The van der Waals surface area contributed by atoms with E-state index in [0.29, 0.717) is 12.8 Å². The van der Waals surface area contributed by atoms with Crippen LogP contribution in [-0.4, -0.2) is 17.9 Å². The molecule has 17 heavy (non-hydrogen) atoms. The first-order chi connectivity index (χ1) is 8.15. The van der Waals surface area contributed by atoms with Crippen molar-refractivity contribution in [2.24, 2.45) is 0 Å². The van der Waals surface area contributed by atoms with Crippen molar-refractivity contribution in [3.8, 4) is 0 Å². The van der Waals surface area contributed by atoms with Crippen molar-refractivity contribution in [1.82, 2.24) is 0 Å². The van der Waals surface area contributed by atoms with Crippen molar-refractivity contribution >= 4 is 12.3 Å². The molecule has 0 bridgehead atoms. The molecule has 3 nitrogen and oxygen atoms in total. The van der Waals surface area contributed by atoms with Gasteiger partial charge >= 0.3 is 5.97 Å². The minimum atomic E-state index is -1.02. The molecule has 0 saturated carbocycles. The Morgan fingerprint density at radius 3 is 2.41 bits per heavy atom. The molecule has 0 aliphatic heterocycles. The molecule has 0 heterocycles. The maximum atomic E-state index is 11.4. The first-order valence-corrected chi connectivity index (χ1v) is 5.88. The highest BCUT2D eigenvalue weighted by Crippen LogP contribution is 2.20. The predicted molar refractivity (Wildman–Crippen MR) is 65.6 cm³/mol. The van der Waals surface area contributed by atoms with E-state index in [1.165, 1.54) is 0 Å². The Hall–Kier alpha value is -1.64. The molecular weight excluding hydrogens is 216 g/mol. The maximum absolute atomic E-state index is 11.4. The van der Waals surface area contributed by atoms with Crippen LogP contribution in [-0.2, 0) is 20.7 Å². The summed E-state index contributed by atoms with van der Waals surface area (Å²) in [6.45, 7) is 3.57. The Balaban J connectivity index is 2.84. The van der Waals surface area contributed by atoms with Gasteiger partial charge in [0.05, 0.1) is 0 Å². The summed E-state index contributed by atoms with van der Waals surface area (Å²) in [6.07, 6.45) is 1.94. The predicted octanol–water partition coefficient (Wildman–Crippen LogP) is 2.53. The number of ether oxygens (including phenoxy) is 1.